The van der Waals surface area contributed by atoms with Crippen molar-refractivity contribution in [2.45, 2.75) is 27.3 Å². The molecule has 1 N–H and O–H groups in total. The minimum atomic E-state index is -0.518. The predicted octanol–water partition coefficient (Wildman–Crippen LogP) is 1.12. The molecule has 6 heteroatoms. The summed E-state index contributed by atoms with van der Waals surface area (Å²) in [4.78, 5) is 13.6. The number of aromatic nitrogens is 2. The van der Waals surface area contributed by atoms with Gasteiger partial charge in [-0.05, 0) is 4.92 Å². The Balaban J connectivity index is 0.000000791. The van der Waals surface area contributed by atoms with E-state index in [1.165, 1.54) is 10.8 Å². The van der Waals surface area contributed by atoms with Crippen LogP contribution in [0.1, 0.15) is 19.7 Å². The van der Waals surface area contributed by atoms with Crippen molar-refractivity contribution in [3.05, 3.63) is 22.1 Å². The van der Waals surface area contributed by atoms with Gasteiger partial charge in [-0.25, -0.2) is 9.55 Å². The maximum atomic E-state index is 10.4. The summed E-state index contributed by atoms with van der Waals surface area (Å²) in [6, 6.07) is 0. The van der Waals surface area contributed by atoms with Crippen LogP contribution >= 0.6 is 0 Å². The molecule has 0 spiro atoms. The Morgan fingerprint density at radius 2 is 2.21 bits per heavy atom. The van der Waals surface area contributed by atoms with E-state index in [2.05, 4.69) is 4.98 Å². The third kappa shape index (κ3) is 2.81. The largest absolute Gasteiger partial charge is 0.392 e. The second-order valence-electron chi connectivity index (χ2n) is 2.30. The quantitative estimate of drug-likeness (QED) is 0.586. The van der Waals surface area contributed by atoms with Crippen molar-refractivity contribution in [2.75, 3.05) is 6.61 Å². The van der Waals surface area contributed by atoms with Crippen molar-refractivity contribution < 1.29 is 10.0 Å². The molecule has 0 amide bonds. The Hall–Kier alpha value is -1.43. The SMILES string of the molecule is CC.Cc1ncc([N+](=O)[O-])n1CCO. The summed E-state index contributed by atoms with van der Waals surface area (Å²) >= 11 is 0. The first kappa shape index (κ1) is 12.6. The molecule has 0 atom stereocenters. The lowest BCUT2D eigenvalue weighted by atomic mass is 10.6. The van der Waals surface area contributed by atoms with Crippen LogP contribution in [0.25, 0.3) is 0 Å². The normalized spacial score (nSPS) is 9.14. The van der Waals surface area contributed by atoms with Gasteiger partial charge in [-0.3, -0.25) is 0 Å². The van der Waals surface area contributed by atoms with E-state index >= 15 is 0 Å². The lowest BCUT2D eigenvalue weighted by molar-refractivity contribution is -0.392. The van der Waals surface area contributed by atoms with E-state index < -0.39 is 4.92 Å². The van der Waals surface area contributed by atoms with Gasteiger partial charge in [0.05, 0.1) is 6.61 Å². The Bertz CT molecular complexity index is 296. The summed E-state index contributed by atoms with van der Waals surface area (Å²) in [6.07, 6.45) is 1.19. The molecule has 14 heavy (non-hydrogen) atoms. The van der Waals surface area contributed by atoms with Crippen molar-refractivity contribution in [2.24, 2.45) is 0 Å². The summed E-state index contributed by atoms with van der Waals surface area (Å²) in [5, 5.41) is 19.0. The summed E-state index contributed by atoms with van der Waals surface area (Å²) in [6.45, 7) is 5.74. The number of aliphatic hydroxyl groups excluding tert-OH is 1. The van der Waals surface area contributed by atoms with Crippen LogP contribution in [0.2, 0.25) is 0 Å². The van der Waals surface area contributed by atoms with Crippen LogP contribution in [0, 0.1) is 17.0 Å². The molecule has 0 aliphatic heterocycles. The zero-order chi connectivity index (χ0) is 11.1. The fourth-order valence-corrected chi connectivity index (χ4v) is 0.978. The van der Waals surface area contributed by atoms with Crippen LogP contribution < -0.4 is 0 Å². The summed E-state index contributed by atoms with van der Waals surface area (Å²) in [5.74, 6) is 0.456. The minimum Gasteiger partial charge on any atom is -0.392 e. The highest BCUT2D eigenvalue weighted by atomic mass is 16.6. The molecule has 1 aromatic heterocycles. The van der Waals surface area contributed by atoms with Gasteiger partial charge in [-0.2, -0.15) is 0 Å². The molecule has 0 saturated carbocycles. The van der Waals surface area contributed by atoms with Gasteiger partial charge in [0, 0.05) is 6.92 Å². The number of aryl methyl sites for hydroxylation is 1. The Labute approximate surface area is 82.3 Å². The average molecular weight is 201 g/mol. The molecule has 0 aromatic carbocycles. The molecule has 0 aliphatic carbocycles. The van der Waals surface area contributed by atoms with E-state index in [4.69, 9.17) is 5.11 Å². The molecule has 1 aromatic rings. The fraction of sp³-hybridized carbons (Fsp3) is 0.625. The van der Waals surface area contributed by atoms with Crippen molar-refractivity contribution in [3.63, 3.8) is 0 Å². The highest BCUT2D eigenvalue weighted by molar-refractivity contribution is 5.18. The smallest absolute Gasteiger partial charge is 0.342 e. The highest BCUT2D eigenvalue weighted by Gasteiger charge is 2.15. The highest BCUT2D eigenvalue weighted by Crippen LogP contribution is 2.12. The second kappa shape index (κ2) is 6.09. The van der Waals surface area contributed by atoms with E-state index in [-0.39, 0.29) is 19.0 Å². The first-order valence-electron chi connectivity index (χ1n) is 4.44. The van der Waals surface area contributed by atoms with Crippen molar-refractivity contribution >= 4 is 5.82 Å². The molecule has 0 fully saturated rings. The minimum absolute atomic E-state index is 0.0819. The van der Waals surface area contributed by atoms with Crippen LogP contribution in [0.5, 0.6) is 0 Å². The van der Waals surface area contributed by atoms with E-state index in [0.29, 0.717) is 5.82 Å². The van der Waals surface area contributed by atoms with Gasteiger partial charge >= 0.3 is 5.82 Å². The summed E-state index contributed by atoms with van der Waals surface area (Å²) in [7, 11) is 0. The topological polar surface area (TPSA) is 81.2 Å². The van der Waals surface area contributed by atoms with Gasteiger partial charge in [0.1, 0.15) is 12.7 Å². The molecule has 0 aliphatic rings. The van der Waals surface area contributed by atoms with Gasteiger partial charge in [0.2, 0.25) is 0 Å². The van der Waals surface area contributed by atoms with Gasteiger partial charge in [-0.15, -0.1) is 0 Å². The van der Waals surface area contributed by atoms with Crippen molar-refractivity contribution in [1.82, 2.24) is 9.55 Å². The maximum Gasteiger partial charge on any atom is 0.342 e. The lowest BCUT2D eigenvalue weighted by Gasteiger charge is -1.98. The van der Waals surface area contributed by atoms with Gasteiger partial charge in [0.25, 0.3) is 0 Å². The van der Waals surface area contributed by atoms with E-state index in [1.807, 2.05) is 13.8 Å². The maximum absolute atomic E-state index is 10.4. The lowest BCUT2D eigenvalue weighted by Crippen LogP contribution is -2.07. The first-order valence-corrected chi connectivity index (χ1v) is 4.44. The fourth-order valence-electron chi connectivity index (χ4n) is 0.978. The molecule has 1 rings (SSSR count). The van der Waals surface area contributed by atoms with Crippen molar-refractivity contribution in [3.8, 4) is 0 Å². The molecule has 6 nitrogen and oxygen atoms in total. The number of nitrogens with zero attached hydrogens (tertiary/aromatic N) is 3. The number of nitro groups is 1. The van der Waals surface area contributed by atoms with Crippen LogP contribution in [-0.4, -0.2) is 26.2 Å². The summed E-state index contributed by atoms with van der Waals surface area (Å²) < 4.78 is 1.36. The molecular formula is C8H15N3O3. The molecule has 1 heterocycles. The van der Waals surface area contributed by atoms with Gasteiger partial charge < -0.3 is 15.2 Å². The molecule has 0 bridgehead atoms. The van der Waals surface area contributed by atoms with Gasteiger partial charge in [-0.1, -0.05) is 13.8 Å². The van der Waals surface area contributed by atoms with E-state index in [1.54, 1.807) is 6.92 Å². The number of aliphatic hydroxyl groups is 1. The third-order valence-electron chi connectivity index (χ3n) is 1.54. The zero-order valence-electron chi connectivity index (χ0n) is 8.60. The zero-order valence-corrected chi connectivity index (χ0v) is 8.60. The van der Waals surface area contributed by atoms with Crippen LogP contribution in [-0.2, 0) is 6.54 Å². The Kier molecular flexibility index (Phi) is 5.47. The standard InChI is InChI=1S/C6H9N3O3.C2H6/c1-5-7-4-6(9(11)12)8(5)2-3-10;1-2/h4,10H,2-3H2,1H3;1-2H3. The van der Waals surface area contributed by atoms with E-state index in [0.717, 1.165) is 0 Å². The molecule has 0 saturated heterocycles. The molecule has 0 radical (unpaired) electrons. The average Bonchev–Trinajstić information content (AvgIpc) is 2.52. The molecule has 0 unspecified atom stereocenters. The second-order valence-corrected chi connectivity index (χ2v) is 2.30. The number of imidazole rings is 1. The number of rotatable bonds is 3. The molecular weight excluding hydrogens is 186 g/mol. The molecule has 80 valence electrons. The summed E-state index contributed by atoms with van der Waals surface area (Å²) in [5.41, 5.74) is 0. The Morgan fingerprint density at radius 3 is 2.64 bits per heavy atom. The van der Waals surface area contributed by atoms with Crippen LogP contribution in [0.15, 0.2) is 6.20 Å². The van der Waals surface area contributed by atoms with Crippen LogP contribution in [0.4, 0.5) is 5.82 Å². The monoisotopic (exact) mass is 201 g/mol. The predicted molar refractivity (Wildman–Crippen MR) is 52.1 cm³/mol. The van der Waals surface area contributed by atoms with Crippen LogP contribution in [0.3, 0.4) is 0 Å². The van der Waals surface area contributed by atoms with E-state index in [9.17, 15) is 10.1 Å². The number of hydrogen-bond acceptors (Lipinski definition) is 4. The third-order valence-corrected chi connectivity index (χ3v) is 1.54. The first-order chi connectivity index (χ1) is 6.66. The van der Waals surface area contributed by atoms with Gasteiger partial charge in [0.15, 0.2) is 5.82 Å². The van der Waals surface area contributed by atoms with Crippen molar-refractivity contribution in [1.29, 1.82) is 0 Å². The number of hydrogen-bond donors (Lipinski definition) is 1. The Morgan fingerprint density at radius 1 is 1.64 bits per heavy atom.